The predicted octanol–water partition coefficient (Wildman–Crippen LogP) is 0.0784. The van der Waals surface area contributed by atoms with Crippen LogP contribution in [0.15, 0.2) is 34.1 Å². The molecule has 22 heavy (non-hydrogen) atoms. The molecule has 0 bridgehead atoms. The molecule has 124 valence electrons. The maximum absolute atomic E-state index is 12.7. The van der Waals surface area contributed by atoms with E-state index in [0.29, 0.717) is 0 Å². The van der Waals surface area contributed by atoms with Gasteiger partial charge in [-0.1, -0.05) is 12.1 Å². The Labute approximate surface area is 129 Å². The summed E-state index contributed by atoms with van der Waals surface area (Å²) in [7, 11) is -7.13. The fraction of sp³-hybridized carbons (Fsp3) is 0.417. The average Bonchev–Trinajstić information content (AvgIpc) is 2.44. The van der Waals surface area contributed by atoms with Crippen LogP contribution in [0.1, 0.15) is 13.8 Å². The van der Waals surface area contributed by atoms with E-state index in [0.717, 1.165) is 23.5 Å². The summed E-state index contributed by atoms with van der Waals surface area (Å²) in [6.45, 7) is 2.26. The third-order valence-electron chi connectivity index (χ3n) is 2.86. The van der Waals surface area contributed by atoms with Crippen LogP contribution in [0, 0.1) is 0 Å². The van der Waals surface area contributed by atoms with E-state index in [1.165, 1.54) is 26.0 Å². The second-order valence-electron chi connectivity index (χ2n) is 4.69. The largest absolute Gasteiger partial charge is 0.480 e. The fourth-order valence-electron chi connectivity index (χ4n) is 1.80. The van der Waals surface area contributed by atoms with Gasteiger partial charge in [-0.2, -0.15) is 4.31 Å². The second kappa shape index (κ2) is 6.73. The van der Waals surface area contributed by atoms with Crippen LogP contribution in [-0.2, 0) is 24.8 Å². The number of nitrogens with one attached hydrogen (secondary N) is 1. The van der Waals surface area contributed by atoms with Crippen LogP contribution in [0.5, 0.6) is 0 Å². The highest BCUT2D eigenvalue weighted by molar-refractivity contribution is 7.92. The first-order chi connectivity index (χ1) is 10.0. The summed E-state index contributed by atoms with van der Waals surface area (Å²) in [6, 6.07) is 4.40. The molecule has 0 amide bonds. The van der Waals surface area contributed by atoms with Gasteiger partial charge in [0.1, 0.15) is 16.3 Å². The standard InChI is InChI=1S/C12H18N2O6S2/c1-9(2)14(8-12(15)16)22(19,20)11-7-5-4-6-10(11)21(17,18)13-3/h4-7,9,13H,8H2,1-3H3,(H,15,16). The van der Waals surface area contributed by atoms with E-state index >= 15 is 0 Å². The Morgan fingerprint density at radius 1 is 1.18 bits per heavy atom. The molecule has 0 saturated carbocycles. The van der Waals surface area contributed by atoms with Crippen LogP contribution in [-0.4, -0.2) is 51.9 Å². The van der Waals surface area contributed by atoms with Gasteiger partial charge in [0.15, 0.2) is 0 Å². The van der Waals surface area contributed by atoms with Crippen molar-refractivity contribution in [1.82, 2.24) is 9.03 Å². The van der Waals surface area contributed by atoms with Gasteiger partial charge in [-0.3, -0.25) is 4.79 Å². The minimum atomic E-state index is -4.29. The smallest absolute Gasteiger partial charge is 0.318 e. The van der Waals surface area contributed by atoms with Crippen LogP contribution in [0.4, 0.5) is 0 Å². The number of hydrogen-bond acceptors (Lipinski definition) is 5. The number of rotatable bonds is 7. The molecule has 1 aromatic carbocycles. The first-order valence-corrected chi connectivity index (χ1v) is 9.22. The maximum atomic E-state index is 12.7. The SMILES string of the molecule is CNS(=O)(=O)c1ccccc1S(=O)(=O)N(CC(=O)O)C(C)C. The van der Waals surface area contributed by atoms with E-state index in [-0.39, 0.29) is 0 Å². The van der Waals surface area contributed by atoms with Crippen LogP contribution < -0.4 is 4.72 Å². The molecule has 0 aliphatic rings. The molecular formula is C12H18N2O6S2. The number of carbonyl (C=O) groups is 1. The summed E-state index contributed by atoms with van der Waals surface area (Å²) in [5.74, 6) is -1.33. The number of aliphatic carboxylic acids is 1. The molecular weight excluding hydrogens is 332 g/mol. The second-order valence-corrected chi connectivity index (χ2v) is 8.41. The zero-order valence-corrected chi connectivity index (χ0v) is 14.0. The van der Waals surface area contributed by atoms with Gasteiger partial charge in [0, 0.05) is 6.04 Å². The maximum Gasteiger partial charge on any atom is 0.318 e. The Bertz CT molecular complexity index is 756. The number of carboxylic acid groups (broad SMARTS) is 1. The highest BCUT2D eigenvalue weighted by atomic mass is 32.2. The van der Waals surface area contributed by atoms with E-state index in [9.17, 15) is 21.6 Å². The van der Waals surface area contributed by atoms with Gasteiger partial charge in [0.25, 0.3) is 0 Å². The molecule has 10 heteroatoms. The monoisotopic (exact) mass is 350 g/mol. The van der Waals surface area contributed by atoms with Gasteiger partial charge in [0.2, 0.25) is 20.0 Å². The Morgan fingerprint density at radius 3 is 2.09 bits per heavy atom. The minimum absolute atomic E-state index is 0.423. The molecule has 0 aliphatic heterocycles. The van der Waals surface area contributed by atoms with Crippen LogP contribution in [0.25, 0.3) is 0 Å². The lowest BCUT2D eigenvalue weighted by Gasteiger charge is -2.25. The molecule has 0 radical (unpaired) electrons. The predicted molar refractivity (Wildman–Crippen MR) is 79.4 cm³/mol. The summed E-state index contributed by atoms with van der Waals surface area (Å²) in [6.07, 6.45) is 0. The van der Waals surface area contributed by atoms with Crippen LogP contribution in [0.3, 0.4) is 0 Å². The lowest BCUT2D eigenvalue weighted by Crippen LogP contribution is -2.41. The van der Waals surface area contributed by atoms with E-state index in [1.807, 2.05) is 0 Å². The Balaban J connectivity index is 3.56. The van der Waals surface area contributed by atoms with Crippen LogP contribution >= 0.6 is 0 Å². The number of carboxylic acids is 1. The van der Waals surface area contributed by atoms with Gasteiger partial charge in [-0.15, -0.1) is 0 Å². The summed E-state index contributed by atoms with van der Waals surface area (Å²) >= 11 is 0. The first-order valence-electron chi connectivity index (χ1n) is 6.30. The lowest BCUT2D eigenvalue weighted by atomic mass is 10.4. The van der Waals surface area contributed by atoms with Crippen molar-refractivity contribution in [3.05, 3.63) is 24.3 Å². The van der Waals surface area contributed by atoms with Gasteiger partial charge in [-0.25, -0.2) is 21.6 Å². The molecule has 0 aliphatic carbocycles. The first kappa shape index (κ1) is 18.6. The Hall–Kier alpha value is -1.49. The van der Waals surface area contributed by atoms with E-state index in [1.54, 1.807) is 0 Å². The number of sulfonamides is 2. The Kier molecular flexibility index (Phi) is 5.68. The average molecular weight is 350 g/mol. The summed E-state index contributed by atoms with van der Waals surface area (Å²) in [5.41, 5.74) is 0. The van der Waals surface area contributed by atoms with Gasteiger partial charge in [-0.05, 0) is 33.0 Å². The van der Waals surface area contributed by atoms with Crippen molar-refractivity contribution in [2.75, 3.05) is 13.6 Å². The molecule has 0 aromatic heterocycles. The van der Waals surface area contributed by atoms with Crippen molar-refractivity contribution >= 4 is 26.0 Å². The molecule has 1 aromatic rings. The fourth-order valence-corrected chi connectivity index (χ4v) is 4.92. The van der Waals surface area contributed by atoms with Crippen molar-refractivity contribution in [1.29, 1.82) is 0 Å². The van der Waals surface area contributed by atoms with E-state index < -0.39 is 48.4 Å². The Morgan fingerprint density at radius 2 is 1.68 bits per heavy atom. The van der Waals surface area contributed by atoms with Crippen molar-refractivity contribution in [3.63, 3.8) is 0 Å². The lowest BCUT2D eigenvalue weighted by molar-refractivity contribution is -0.137. The van der Waals surface area contributed by atoms with Crippen LogP contribution in [0.2, 0.25) is 0 Å². The molecule has 0 spiro atoms. The summed E-state index contributed by atoms with van der Waals surface area (Å²) in [5, 5.41) is 8.88. The third kappa shape index (κ3) is 3.83. The topological polar surface area (TPSA) is 121 Å². The zero-order chi connectivity index (χ0) is 17.1. The molecule has 8 nitrogen and oxygen atoms in total. The molecule has 1 rings (SSSR count). The molecule has 0 unspecified atom stereocenters. The number of hydrogen-bond donors (Lipinski definition) is 2. The number of nitrogens with zero attached hydrogens (tertiary/aromatic N) is 1. The number of benzene rings is 1. The highest BCUT2D eigenvalue weighted by Gasteiger charge is 2.33. The van der Waals surface area contributed by atoms with Crippen molar-refractivity contribution in [2.45, 2.75) is 29.7 Å². The zero-order valence-electron chi connectivity index (χ0n) is 12.3. The molecule has 0 fully saturated rings. The van der Waals surface area contributed by atoms with Crippen molar-refractivity contribution < 1.29 is 26.7 Å². The highest BCUT2D eigenvalue weighted by Crippen LogP contribution is 2.25. The third-order valence-corrected chi connectivity index (χ3v) is 6.54. The van der Waals surface area contributed by atoms with E-state index in [4.69, 9.17) is 5.11 Å². The molecule has 0 heterocycles. The van der Waals surface area contributed by atoms with Crippen molar-refractivity contribution in [3.8, 4) is 0 Å². The van der Waals surface area contributed by atoms with Gasteiger partial charge in [0.05, 0.1) is 0 Å². The van der Waals surface area contributed by atoms with Crippen molar-refractivity contribution in [2.24, 2.45) is 0 Å². The normalized spacial score (nSPS) is 12.8. The molecule has 2 N–H and O–H groups in total. The summed E-state index contributed by atoms with van der Waals surface area (Å²) < 4.78 is 52.1. The summed E-state index contributed by atoms with van der Waals surface area (Å²) in [4.78, 5) is 10.0. The molecule has 0 atom stereocenters. The quantitative estimate of drug-likeness (QED) is 0.718. The molecule has 0 saturated heterocycles. The van der Waals surface area contributed by atoms with Gasteiger partial charge >= 0.3 is 5.97 Å². The minimum Gasteiger partial charge on any atom is -0.480 e. The van der Waals surface area contributed by atoms with Gasteiger partial charge < -0.3 is 5.11 Å². The van der Waals surface area contributed by atoms with E-state index in [2.05, 4.69) is 4.72 Å².